The van der Waals surface area contributed by atoms with Crippen molar-refractivity contribution in [2.45, 2.75) is 45.6 Å². The van der Waals surface area contributed by atoms with Crippen molar-refractivity contribution in [3.8, 4) is 44.5 Å². The minimum atomic E-state index is 0.0684. The van der Waals surface area contributed by atoms with Gasteiger partial charge in [-0.2, -0.15) is 0 Å². The average molecular weight is 966 g/mol. The molecule has 8 aromatic carbocycles. The van der Waals surface area contributed by atoms with Gasteiger partial charge in [-0.15, -0.1) is 11.4 Å². The van der Waals surface area contributed by atoms with Crippen LogP contribution in [-0.4, -0.2) is 6.04 Å². The summed E-state index contributed by atoms with van der Waals surface area (Å²) in [4.78, 5) is 2.66. The van der Waals surface area contributed by atoms with Crippen LogP contribution < -0.4 is 4.90 Å². The predicted octanol–water partition coefficient (Wildman–Crippen LogP) is 19.7. The van der Waals surface area contributed by atoms with Crippen molar-refractivity contribution in [1.82, 2.24) is 0 Å². The molecule has 2 heterocycles. The van der Waals surface area contributed by atoms with Crippen LogP contribution in [0.4, 0.5) is 11.4 Å². The monoisotopic (exact) mass is 965 g/mol. The normalized spacial score (nSPS) is 18.5. The Kier molecular flexibility index (Phi) is 13.3. The van der Waals surface area contributed by atoms with Crippen molar-refractivity contribution in [1.29, 1.82) is 0 Å². The van der Waals surface area contributed by atoms with E-state index in [9.17, 15) is 0 Å². The molecule has 0 saturated heterocycles. The zero-order valence-corrected chi connectivity index (χ0v) is 43.0. The van der Waals surface area contributed by atoms with E-state index < -0.39 is 0 Å². The van der Waals surface area contributed by atoms with E-state index in [2.05, 4.69) is 293 Å². The molecular formula is C73H61N2-. The molecule has 12 rings (SSSR count). The average Bonchev–Trinajstić information content (AvgIpc) is 4.06. The van der Waals surface area contributed by atoms with E-state index in [1.165, 1.54) is 101 Å². The summed E-state index contributed by atoms with van der Waals surface area (Å²) in [6, 6.07) is 77.4. The Balaban J connectivity index is 0.940. The first-order valence-corrected chi connectivity index (χ1v) is 26.7. The molecule has 364 valence electrons. The molecule has 4 aliphatic rings. The molecule has 4 atom stereocenters. The number of nitrogens with zero attached hydrogens (tertiary/aromatic N) is 2. The first-order chi connectivity index (χ1) is 37.0. The fraction of sp³-hybridized carbons (Fsp3) is 0.123. The molecule has 2 heteroatoms. The zero-order valence-electron chi connectivity index (χ0n) is 43.0. The lowest BCUT2D eigenvalue weighted by atomic mass is 9.76. The summed E-state index contributed by atoms with van der Waals surface area (Å²) < 4.78 is 0. The molecule has 75 heavy (non-hydrogen) atoms. The highest BCUT2D eigenvalue weighted by molar-refractivity contribution is 5.93. The van der Waals surface area contributed by atoms with Crippen LogP contribution >= 0.6 is 0 Å². The molecule has 0 bridgehead atoms. The summed E-state index contributed by atoms with van der Waals surface area (Å²) in [7, 11) is 0. The Morgan fingerprint density at radius 3 is 1.83 bits per heavy atom. The van der Waals surface area contributed by atoms with Gasteiger partial charge in [0.15, 0.2) is 0 Å². The smallest absolute Gasteiger partial charge is 0.0632 e. The molecule has 0 aromatic heterocycles. The van der Waals surface area contributed by atoms with Crippen LogP contribution in [0.2, 0.25) is 0 Å². The van der Waals surface area contributed by atoms with E-state index in [1.54, 1.807) is 0 Å². The SMILES string of the molecule is C/C=C\C1=C(C[C@@H](C)C2=CC3C(C=C2)c2cc(-c4ccccc4)cc(-c4ccccc4)c2N3c2cccc(-c3ccccc3)c2)[C@@H]2CC(c3ccccc3)=CC(C(/C=C\C)=C\c3ccc(-c4ccccc4)cc3)=C2[N-]1. The van der Waals surface area contributed by atoms with Crippen molar-refractivity contribution >= 4 is 23.0 Å². The summed E-state index contributed by atoms with van der Waals surface area (Å²) in [5, 5.41) is 5.63. The van der Waals surface area contributed by atoms with Crippen LogP contribution in [0.3, 0.4) is 0 Å². The van der Waals surface area contributed by atoms with Gasteiger partial charge in [0.05, 0.1) is 11.7 Å². The van der Waals surface area contributed by atoms with Crippen LogP contribution in [0.25, 0.3) is 61.5 Å². The van der Waals surface area contributed by atoms with Crippen molar-refractivity contribution in [3.05, 3.63) is 317 Å². The van der Waals surface area contributed by atoms with Crippen molar-refractivity contribution in [2.75, 3.05) is 4.90 Å². The Labute approximate surface area is 444 Å². The van der Waals surface area contributed by atoms with Crippen LogP contribution in [0.15, 0.2) is 295 Å². The number of hydrogen-bond donors (Lipinski definition) is 0. The summed E-state index contributed by atoms with van der Waals surface area (Å²) in [5.41, 5.74) is 24.8. The molecule has 2 unspecified atom stereocenters. The molecule has 0 radical (unpaired) electrons. The van der Waals surface area contributed by atoms with Gasteiger partial charge in [-0.3, -0.25) is 0 Å². The first kappa shape index (κ1) is 47.3. The molecule has 2 aliphatic carbocycles. The molecule has 8 aromatic rings. The van der Waals surface area contributed by atoms with E-state index >= 15 is 0 Å². The predicted molar refractivity (Wildman–Crippen MR) is 318 cm³/mol. The molecule has 2 aliphatic heterocycles. The second-order valence-corrected chi connectivity index (χ2v) is 20.3. The van der Waals surface area contributed by atoms with E-state index in [0.717, 1.165) is 24.1 Å². The van der Waals surface area contributed by atoms with Gasteiger partial charge in [-0.25, -0.2) is 0 Å². The third-order valence-electron chi connectivity index (χ3n) is 15.6. The third kappa shape index (κ3) is 9.45. The Hall–Kier alpha value is -8.72. The van der Waals surface area contributed by atoms with Gasteiger partial charge >= 0.3 is 0 Å². The quantitative estimate of drug-likeness (QED) is 0.105. The summed E-state index contributed by atoms with van der Waals surface area (Å²) in [6.07, 6.45) is 23.0. The standard InChI is InChI=1S/C73H61N2/c1-4-22-60(43-51-36-38-56(39-37-51)52-24-11-6-12-25-52)65-45-61(54-28-15-8-16-29-54)47-68-67(70(23-5-2)74-72(65)68)42-50(3)58-40-41-64-69-48-62(55-30-17-9-18-31-55)46-66(57-32-19-10-20-33-57)73(69)75(71(64)49-58)63-35-21-34-59(44-63)53-26-13-7-14-27-53/h4-41,43-46,48-50,64,68,71H,42,47H2,1-3H3/q-1/b22-4-,23-5-,60-43-/t50-,64?,68+,71?/m1/s1. The Bertz CT molecular complexity index is 3630. The number of allylic oxidation sites excluding steroid dienone is 11. The van der Waals surface area contributed by atoms with Gasteiger partial charge in [0.1, 0.15) is 0 Å². The maximum absolute atomic E-state index is 5.63. The van der Waals surface area contributed by atoms with Crippen LogP contribution in [0.5, 0.6) is 0 Å². The van der Waals surface area contributed by atoms with Crippen molar-refractivity contribution < 1.29 is 0 Å². The molecule has 0 saturated carbocycles. The molecule has 0 amide bonds. The van der Waals surface area contributed by atoms with Gasteiger partial charge in [0.2, 0.25) is 0 Å². The van der Waals surface area contributed by atoms with Gasteiger partial charge in [-0.05, 0) is 147 Å². The lowest BCUT2D eigenvalue weighted by molar-refractivity contribution is 0.607. The van der Waals surface area contributed by atoms with E-state index in [0.29, 0.717) is 0 Å². The second kappa shape index (κ2) is 21.0. The molecule has 0 N–H and O–H groups in total. The zero-order chi connectivity index (χ0) is 50.7. The first-order valence-electron chi connectivity index (χ1n) is 26.7. The van der Waals surface area contributed by atoms with E-state index in [-0.39, 0.29) is 23.8 Å². The van der Waals surface area contributed by atoms with Gasteiger partial charge < -0.3 is 10.2 Å². The van der Waals surface area contributed by atoms with Gasteiger partial charge in [-0.1, -0.05) is 249 Å². The summed E-state index contributed by atoms with van der Waals surface area (Å²) in [6.45, 7) is 6.68. The molecule has 0 fully saturated rings. The number of hydrogen-bond acceptors (Lipinski definition) is 1. The largest absolute Gasteiger partial charge is 0.660 e. The topological polar surface area (TPSA) is 17.3 Å². The van der Waals surface area contributed by atoms with Gasteiger partial charge in [0, 0.05) is 17.2 Å². The molecular weight excluding hydrogens is 905 g/mol. The maximum atomic E-state index is 5.63. The minimum Gasteiger partial charge on any atom is -0.660 e. The highest BCUT2D eigenvalue weighted by atomic mass is 15.2. The number of rotatable bonds is 13. The van der Waals surface area contributed by atoms with Crippen LogP contribution in [0.1, 0.15) is 56.2 Å². The molecule has 2 nitrogen and oxygen atoms in total. The van der Waals surface area contributed by atoms with E-state index in [1.807, 2.05) is 0 Å². The van der Waals surface area contributed by atoms with Gasteiger partial charge in [0.25, 0.3) is 0 Å². The van der Waals surface area contributed by atoms with E-state index in [4.69, 9.17) is 5.32 Å². The third-order valence-corrected chi connectivity index (χ3v) is 15.6. The van der Waals surface area contributed by atoms with Crippen molar-refractivity contribution in [3.63, 3.8) is 0 Å². The lowest BCUT2D eigenvalue weighted by Gasteiger charge is -2.34. The second-order valence-electron chi connectivity index (χ2n) is 20.3. The number of benzene rings is 8. The lowest BCUT2D eigenvalue weighted by Crippen LogP contribution is -2.30. The van der Waals surface area contributed by atoms with Crippen LogP contribution in [-0.2, 0) is 0 Å². The minimum absolute atomic E-state index is 0.0684. The highest BCUT2D eigenvalue weighted by Crippen LogP contribution is 2.56. The fourth-order valence-corrected chi connectivity index (χ4v) is 11.9. The summed E-state index contributed by atoms with van der Waals surface area (Å²) in [5.74, 6) is 0.522. The highest BCUT2D eigenvalue weighted by Gasteiger charge is 2.41. The Morgan fingerprint density at radius 2 is 1.19 bits per heavy atom. The number of anilines is 2. The van der Waals surface area contributed by atoms with Crippen LogP contribution in [0, 0.1) is 11.8 Å². The van der Waals surface area contributed by atoms with Crippen molar-refractivity contribution in [2.24, 2.45) is 11.8 Å². The Morgan fingerprint density at radius 1 is 0.600 bits per heavy atom. The fourth-order valence-electron chi connectivity index (χ4n) is 11.9. The maximum Gasteiger partial charge on any atom is 0.0632 e. The molecule has 0 spiro atoms. The summed E-state index contributed by atoms with van der Waals surface area (Å²) >= 11 is 0. The number of fused-ring (bicyclic) bond motifs is 4.